The van der Waals surface area contributed by atoms with E-state index in [1.165, 1.54) is 11.9 Å². The van der Waals surface area contributed by atoms with Crippen LogP contribution >= 0.6 is 0 Å². The van der Waals surface area contributed by atoms with Crippen molar-refractivity contribution < 1.29 is 27.5 Å². The normalized spacial score (nSPS) is 11.4. The first-order valence-electron chi connectivity index (χ1n) is 5.51. The molecule has 7 heteroatoms. The monoisotopic (exact) mass is 279 g/mol. The van der Waals surface area contributed by atoms with Gasteiger partial charge in [0.05, 0.1) is 11.3 Å². The van der Waals surface area contributed by atoms with Gasteiger partial charge in [-0.05, 0) is 24.6 Å². The SMILES string of the molecule is CN(CCCC(=O)O)c1ccc(C(F)(F)F)cc1F. The van der Waals surface area contributed by atoms with Gasteiger partial charge in [0.2, 0.25) is 0 Å². The molecule has 0 heterocycles. The second-order valence-electron chi connectivity index (χ2n) is 4.08. The Labute approximate surface area is 107 Å². The van der Waals surface area contributed by atoms with Gasteiger partial charge in [-0.2, -0.15) is 13.2 Å². The summed E-state index contributed by atoms with van der Waals surface area (Å²) in [5, 5.41) is 8.46. The van der Waals surface area contributed by atoms with E-state index in [-0.39, 0.29) is 25.1 Å². The maximum absolute atomic E-state index is 13.6. The fourth-order valence-corrected chi connectivity index (χ4v) is 1.58. The molecule has 1 aromatic rings. The highest BCUT2D eigenvalue weighted by Crippen LogP contribution is 2.32. The molecule has 0 bridgehead atoms. The Kier molecular flexibility index (Phi) is 4.74. The molecule has 1 aromatic carbocycles. The third-order valence-electron chi connectivity index (χ3n) is 2.57. The lowest BCUT2D eigenvalue weighted by molar-refractivity contribution is -0.138. The van der Waals surface area contributed by atoms with Gasteiger partial charge in [-0.25, -0.2) is 4.39 Å². The maximum Gasteiger partial charge on any atom is 0.416 e. The molecule has 0 saturated carbocycles. The largest absolute Gasteiger partial charge is 0.481 e. The molecule has 1 N–H and O–H groups in total. The molecule has 0 radical (unpaired) electrons. The zero-order chi connectivity index (χ0) is 14.6. The van der Waals surface area contributed by atoms with Crippen LogP contribution in [0, 0.1) is 5.82 Å². The number of hydrogen-bond donors (Lipinski definition) is 1. The lowest BCUT2D eigenvalue weighted by Gasteiger charge is -2.20. The zero-order valence-corrected chi connectivity index (χ0v) is 10.2. The van der Waals surface area contributed by atoms with E-state index in [2.05, 4.69) is 0 Å². The molecule has 0 spiro atoms. The van der Waals surface area contributed by atoms with Gasteiger partial charge in [0.15, 0.2) is 0 Å². The van der Waals surface area contributed by atoms with Crippen molar-refractivity contribution >= 4 is 11.7 Å². The third kappa shape index (κ3) is 4.42. The van der Waals surface area contributed by atoms with Crippen LogP contribution in [-0.4, -0.2) is 24.7 Å². The molecule has 0 aliphatic carbocycles. The Morgan fingerprint density at radius 1 is 1.37 bits per heavy atom. The number of hydrogen-bond acceptors (Lipinski definition) is 2. The van der Waals surface area contributed by atoms with E-state index in [0.29, 0.717) is 6.07 Å². The summed E-state index contributed by atoms with van der Waals surface area (Å²) in [6, 6.07) is 2.27. The van der Waals surface area contributed by atoms with Crippen molar-refractivity contribution in [2.45, 2.75) is 19.0 Å². The first-order chi connectivity index (χ1) is 8.71. The molecule has 3 nitrogen and oxygen atoms in total. The fraction of sp³-hybridized carbons (Fsp3) is 0.417. The Morgan fingerprint density at radius 3 is 2.47 bits per heavy atom. The minimum Gasteiger partial charge on any atom is -0.481 e. The van der Waals surface area contributed by atoms with Crippen molar-refractivity contribution in [3.63, 3.8) is 0 Å². The standard InChI is InChI=1S/C12H13F4NO2/c1-17(6-2-3-11(18)19)10-5-4-8(7-9(10)13)12(14,15)16/h4-5,7H,2-3,6H2,1H3,(H,18,19). The van der Waals surface area contributed by atoms with Crippen LogP contribution in [0.3, 0.4) is 0 Å². The van der Waals surface area contributed by atoms with Crippen molar-refractivity contribution in [1.29, 1.82) is 0 Å². The third-order valence-corrected chi connectivity index (χ3v) is 2.57. The Balaban J connectivity index is 2.76. The summed E-state index contributed by atoms with van der Waals surface area (Å²) in [4.78, 5) is 11.7. The van der Waals surface area contributed by atoms with Crippen molar-refractivity contribution in [2.75, 3.05) is 18.5 Å². The minimum atomic E-state index is -4.58. The van der Waals surface area contributed by atoms with Gasteiger partial charge in [-0.1, -0.05) is 0 Å². The summed E-state index contributed by atoms with van der Waals surface area (Å²) in [5.74, 6) is -1.95. The molecule has 0 aliphatic rings. The molecule has 0 saturated heterocycles. The highest BCUT2D eigenvalue weighted by atomic mass is 19.4. The van der Waals surface area contributed by atoms with E-state index in [1.807, 2.05) is 0 Å². The maximum atomic E-state index is 13.6. The number of nitrogens with zero attached hydrogens (tertiary/aromatic N) is 1. The highest BCUT2D eigenvalue weighted by molar-refractivity contribution is 5.66. The van der Waals surface area contributed by atoms with Crippen molar-refractivity contribution in [1.82, 2.24) is 0 Å². The van der Waals surface area contributed by atoms with Crippen LogP contribution in [0.25, 0.3) is 0 Å². The van der Waals surface area contributed by atoms with Crippen LogP contribution in [0.4, 0.5) is 23.2 Å². The number of aliphatic carboxylic acids is 1. The lowest BCUT2D eigenvalue weighted by Crippen LogP contribution is -2.21. The van der Waals surface area contributed by atoms with E-state index in [0.717, 1.165) is 12.1 Å². The van der Waals surface area contributed by atoms with Gasteiger partial charge in [-0.15, -0.1) is 0 Å². The van der Waals surface area contributed by atoms with Gasteiger partial charge in [0, 0.05) is 20.0 Å². The lowest BCUT2D eigenvalue weighted by atomic mass is 10.1. The zero-order valence-electron chi connectivity index (χ0n) is 10.2. The number of halogens is 4. The van der Waals surface area contributed by atoms with E-state index < -0.39 is 23.5 Å². The molecule has 1 rings (SSSR count). The fourth-order valence-electron chi connectivity index (χ4n) is 1.58. The highest BCUT2D eigenvalue weighted by Gasteiger charge is 2.31. The average molecular weight is 279 g/mol. The smallest absolute Gasteiger partial charge is 0.416 e. The van der Waals surface area contributed by atoms with E-state index in [1.54, 1.807) is 0 Å². The summed E-state index contributed by atoms with van der Waals surface area (Å²) in [7, 11) is 1.49. The molecular formula is C12H13F4NO2. The second kappa shape index (κ2) is 5.90. The minimum absolute atomic E-state index is 0.0124. The van der Waals surface area contributed by atoms with Crippen molar-refractivity contribution in [3.05, 3.63) is 29.6 Å². The summed E-state index contributed by atoms with van der Waals surface area (Å²) in [6.07, 6.45) is -4.37. The van der Waals surface area contributed by atoms with E-state index >= 15 is 0 Å². The number of rotatable bonds is 5. The van der Waals surface area contributed by atoms with Crippen LogP contribution in [0.5, 0.6) is 0 Å². The second-order valence-corrected chi connectivity index (χ2v) is 4.08. The molecule has 0 amide bonds. The Bertz CT molecular complexity index is 460. The summed E-state index contributed by atoms with van der Waals surface area (Å²) < 4.78 is 50.6. The summed E-state index contributed by atoms with van der Waals surface area (Å²) in [5.41, 5.74) is -1.04. The number of alkyl halides is 3. The predicted molar refractivity (Wildman–Crippen MR) is 61.5 cm³/mol. The average Bonchev–Trinajstić information content (AvgIpc) is 2.26. The van der Waals surface area contributed by atoms with Crippen molar-refractivity contribution in [3.8, 4) is 0 Å². The number of carboxylic acids is 1. The van der Waals surface area contributed by atoms with Gasteiger partial charge >= 0.3 is 12.1 Å². The van der Waals surface area contributed by atoms with E-state index in [9.17, 15) is 22.4 Å². The molecular weight excluding hydrogens is 266 g/mol. The number of carboxylic acid groups (broad SMARTS) is 1. The molecule has 0 aliphatic heterocycles. The molecule has 0 aromatic heterocycles. The van der Waals surface area contributed by atoms with E-state index in [4.69, 9.17) is 5.11 Å². The van der Waals surface area contributed by atoms with Crippen LogP contribution in [0.15, 0.2) is 18.2 Å². The van der Waals surface area contributed by atoms with Gasteiger partial charge in [0.1, 0.15) is 5.82 Å². The van der Waals surface area contributed by atoms with Gasteiger partial charge < -0.3 is 10.0 Å². The van der Waals surface area contributed by atoms with Crippen LogP contribution < -0.4 is 4.90 Å². The molecule has 0 fully saturated rings. The summed E-state index contributed by atoms with van der Waals surface area (Å²) in [6.45, 7) is 0.245. The van der Waals surface area contributed by atoms with Gasteiger partial charge in [-0.3, -0.25) is 4.79 Å². The predicted octanol–water partition coefficient (Wildman–Crippen LogP) is 3.15. The van der Waals surface area contributed by atoms with Gasteiger partial charge in [0.25, 0.3) is 0 Å². The summed E-state index contributed by atoms with van der Waals surface area (Å²) >= 11 is 0. The molecule has 106 valence electrons. The quantitative estimate of drug-likeness (QED) is 0.842. The van der Waals surface area contributed by atoms with Crippen LogP contribution in [-0.2, 0) is 11.0 Å². The first-order valence-corrected chi connectivity index (χ1v) is 5.51. The Hall–Kier alpha value is -1.79. The van der Waals surface area contributed by atoms with Crippen molar-refractivity contribution in [2.24, 2.45) is 0 Å². The Morgan fingerprint density at radius 2 is 2.00 bits per heavy atom. The topological polar surface area (TPSA) is 40.5 Å². The van der Waals surface area contributed by atoms with Crippen LogP contribution in [0.2, 0.25) is 0 Å². The first kappa shape index (κ1) is 15.3. The molecule has 19 heavy (non-hydrogen) atoms. The molecule has 0 unspecified atom stereocenters. The molecule has 0 atom stereocenters. The number of carbonyl (C=O) groups is 1. The van der Waals surface area contributed by atoms with Crippen LogP contribution in [0.1, 0.15) is 18.4 Å². The number of benzene rings is 1. The number of anilines is 1.